The van der Waals surface area contributed by atoms with Gasteiger partial charge >= 0.3 is 0 Å². The number of aromatic nitrogens is 2. The predicted octanol–water partition coefficient (Wildman–Crippen LogP) is 1.70. The fourth-order valence-electron chi connectivity index (χ4n) is 1.77. The Balaban J connectivity index is 2.46. The lowest BCUT2D eigenvalue weighted by molar-refractivity contribution is -0.384. The van der Waals surface area contributed by atoms with Gasteiger partial charge in [-0.25, -0.2) is 4.98 Å². The van der Waals surface area contributed by atoms with Crippen LogP contribution in [0.3, 0.4) is 0 Å². The second-order valence-corrected chi connectivity index (χ2v) is 5.36. The number of benzene rings is 1. The minimum absolute atomic E-state index is 0.101. The van der Waals surface area contributed by atoms with Gasteiger partial charge in [0.05, 0.1) is 15.0 Å². The Labute approximate surface area is 127 Å². The fraction of sp³-hybridized carbons (Fsp3) is 0.167. The number of anilines is 1. The number of nitro benzene ring substituents is 1. The second-order valence-electron chi connectivity index (χ2n) is 4.19. The normalized spacial score (nSPS) is 10.5. The molecule has 1 aromatic carbocycles. The van der Waals surface area contributed by atoms with E-state index in [0.717, 1.165) is 0 Å². The first-order valence-corrected chi connectivity index (χ1v) is 6.72. The van der Waals surface area contributed by atoms with Crippen LogP contribution in [-0.4, -0.2) is 14.5 Å². The van der Waals surface area contributed by atoms with Crippen LogP contribution in [-0.2, 0) is 6.54 Å². The Bertz CT molecular complexity index is 742. The summed E-state index contributed by atoms with van der Waals surface area (Å²) in [5, 5.41) is 10.9. The van der Waals surface area contributed by atoms with E-state index in [9.17, 15) is 14.9 Å². The zero-order valence-electron chi connectivity index (χ0n) is 10.5. The Hall–Kier alpha value is -1.97. The van der Waals surface area contributed by atoms with Gasteiger partial charge in [-0.3, -0.25) is 19.5 Å². The second kappa shape index (κ2) is 5.57. The van der Waals surface area contributed by atoms with Crippen molar-refractivity contribution in [1.82, 2.24) is 9.55 Å². The summed E-state index contributed by atoms with van der Waals surface area (Å²) in [6.07, 6.45) is 1.50. The first kappa shape index (κ1) is 14.4. The lowest BCUT2D eigenvalue weighted by Crippen LogP contribution is -2.26. The van der Waals surface area contributed by atoms with Gasteiger partial charge in [-0.2, -0.15) is 0 Å². The fourth-order valence-corrected chi connectivity index (χ4v) is 2.20. The third-order valence-electron chi connectivity index (χ3n) is 2.84. The molecule has 20 heavy (non-hydrogen) atoms. The number of nitrogen functional groups attached to an aromatic ring is 1. The van der Waals surface area contributed by atoms with E-state index in [1.807, 2.05) is 22.6 Å². The van der Waals surface area contributed by atoms with Gasteiger partial charge in [0.2, 0.25) is 0 Å². The molecule has 0 saturated carbocycles. The van der Waals surface area contributed by atoms with Gasteiger partial charge in [0, 0.05) is 12.3 Å². The lowest BCUT2D eigenvalue weighted by atomic mass is 10.1. The highest BCUT2D eigenvalue weighted by molar-refractivity contribution is 14.1. The van der Waals surface area contributed by atoms with E-state index in [1.165, 1.54) is 22.9 Å². The summed E-state index contributed by atoms with van der Waals surface area (Å²) in [6.45, 7) is 1.93. The number of nitrogens with two attached hydrogens (primary N) is 1. The van der Waals surface area contributed by atoms with Crippen molar-refractivity contribution in [1.29, 1.82) is 0 Å². The minimum atomic E-state index is -0.540. The summed E-state index contributed by atoms with van der Waals surface area (Å²) < 4.78 is 1.97. The Morgan fingerprint density at radius 1 is 1.50 bits per heavy atom. The van der Waals surface area contributed by atoms with E-state index in [4.69, 9.17) is 5.73 Å². The molecular formula is C12H11IN4O3. The molecule has 0 spiro atoms. The van der Waals surface area contributed by atoms with Crippen molar-refractivity contribution in [2.24, 2.45) is 0 Å². The van der Waals surface area contributed by atoms with Crippen molar-refractivity contribution < 1.29 is 4.92 Å². The van der Waals surface area contributed by atoms with Crippen LogP contribution in [0.2, 0.25) is 0 Å². The number of hydrogen-bond donors (Lipinski definition) is 1. The third kappa shape index (κ3) is 2.79. The summed E-state index contributed by atoms with van der Waals surface area (Å²) in [5.74, 6) is 0.551. The van der Waals surface area contributed by atoms with Crippen LogP contribution >= 0.6 is 22.6 Å². The maximum atomic E-state index is 12.0. The van der Waals surface area contributed by atoms with Gasteiger partial charge in [0.1, 0.15) is 11.5 Å². The van der Waals surface area contributed by atoms with E-state index >= 15 is 0 Å². The molecule has 0 aliphatic heterocycles. The lowest BCUT2D eigenvalue weighted by Gasteiger charge is -2.09. The average Bonchev–Trinajstić information content (AvgIpc) is 2.40. The van der Waals surface area contributed by atoms with Gasteiger partial charge in [-0.05, 0) is 41.1 Å². The van der Waals surface area contributed by atoms with Gasteiger partial charge in [0.15, 0.2) is 0 Å². The van der Waals surface area contributed by atoms with Crippen molar-refractivity contribution in [3.63, 3.8) is 0 Å². The van der Waals surface area contributed by atoms with Crippen LogP contribution in [0.25, 0.3) is 0 Å². The highest BCUT2D eigenvalue weighted by Gasteiger charge is 2.13. The van der Waals surface area contributed by atoms with Crippen LogP contribution < -0.4 is 11.3 Å². The largest absolute Gasteiger partial charge is 0.393 e. The molecule has 0 aliphatic carbocycles. The zero-order chi connectivity index (χ0) is 14.9. The molecule has 2 aromatic rings. The molecule has 2 rings (SSSR count). The molecule has 0 unspecified atom stereocenters. The maximum Gasteiger partial charge on any atom is 0.292 e. The van der Waals surface area contributed by atoms with Crippen molar-refractivity contribution in [3.05, 3.63) is 59.8 Å². The standard InChI is InChI=1S/C12H11IN4O3/c1-7-15-5-9(13)12(18)16(7)6-8-2-3-10(14)11(4-8)17(19)20/h2-5H,6,14H2,1H3. The maximum absolute atomic E-state index is 12.0. The molecule has 0 radical (unpaired) electrons. The van der Waals surface area contributed by atoms with Crippen LogP contribution in [0.4, 0.5) is 11.4 Å². The topological polar surface area (TPSA) is 104 Å². The van der Waals surface area contributed by atoms with E-state index in [0.29, 0.717) is 15.0 Å². The van der Waals surface area contributed by atoms with Gasteiger partial charge in [0.25, 0.3) is 11.2 Å². The average molecular weight is 386 g/mol. The molecule has 0 fully saturated rings. The van der Waals surface area contributed by atoms with Crippen molar-refractivity contribution >= 4 is 34.0 Å². The molecule has 104 valence electrons. The first-order chi connectivity index (χ1) is 9.40. The molecular weight excluding hydrogens is 375 g/mol. The van der Waals surface area contributed by atoms with Crippen molar-refractivity contribution in [3.8, 4) is 0 Å². The van der Waals surface area contributed by atoms with Crippen LogP contribution in [0, 0.1) is 20.6 Å². The van der Waals surface area contributed by atoms with Crippen molar-refractivity contribution in [2.45, 2.75) is 13.5 Å². The number of nitro groups is 1. The molecule has 0 saturated heterocycles. The SMILES string of the molecule is Cc1ncc(I)c(=O)n1Cc1ccc(N)c([N+](=O)[O-])c1. The quantitative estimate of drug-likeness (QED) is 0.374. The number of hydrogen-bond acceptors (Lipinski definition) is 5. The summed E-state index contributed by atoms with van der Waals surface area (Å²) in [4.78, 5) is 26.5. The highest BCUT2D eigenvalue weighted by atomic mass is 127. The van der Waals surface area contributed by atoms with E-state index in [2.05, 4.69) is 4.98 Å². The number of rotatable bonds is 3. The number of nitrogens with zero attached hydrogens (tertiary/aromatic N) is 3. The monoisotopic (exact) mass is 386 g/mol. The van der Waals surface area contributed by atoms with Crippen LogP contribution in [0.1, 0.15) is 11.4 Å². The summed E-state index contributed by atoms with van der Waals surface area (Å²) >= 11 is 1.91. The minimum Gasteiger partial charge on any atom is -0.393 e. The molecule has 7 nitrogen and oxygen atoms in total. The van der Waals surface area contributed by atoms with E-state index in [-0.39, 0.29) is 23.5 Å². The number of halogens is 1. The molecule has 8 heteroatoms. The van der Waals surface area contributed by atoms with Gasteiger partial charge in [-0.15, -0.1) is 0 Å². The third-order valence-corrected chi connectivity index (χ3v) is 3.58. The van der Waals surface area contributed by atoms with Crippen LogP contribution in [0.5, 0.6) is 0 Å². The van der Waals surface area contributed by atoms with Gasteiger partial charge < -0.3 is 5.73 Å². The predicted molar refractivity (Wildman–Crippen MR) is 82.6 cm³/mol. The Morgan fingerprint density at radius 2 is 2.20 bits per heavy atom. The van der Waals surface area contributed by atoms with Gasteiger partial charge in [-0.1, -0.05) is 6.07 Å². The Morgan fingerprint density at radius 3 is 2.85 bits per heavy atom. The molecule has 0 bridgehead atoms. The summed E-state index contributed by atoms with van der Waals surface area (Å²) in [5.41, 5.74) is 5.94. The molecule has 0 amide bonds. The Kier molecular flexibility index (Phi) is 4.02. The van der Waals surface area contributed by atoms with E-state index < -0.39 is 4.92 Å². The molecule has 0 aliphatic rings. The van der Waals surface area contributed by atoms with Crippen LogP contribution in [0.15, 0.2) is 29.2 Å². The smallest absolute Gasteiger partial charge is 0.292 e. The zero-order valence-corrected chi connectivity index (χ0v) is 12.7. The molecule has 1 heterocycles. The first-order valence-electron chi connectivity index (χ1n) is 5.65. The van der Waals surface area contributed by atoms with E-state index in [1.54, 1.807) is 13.0 Å². The van der Waals surface area contributed by atoms with Crippen molar-refractivity contribution in [2.75, 3.05) is 5.73 Å². The molecule has 2 N–H and O–H groups in total. The summed E-state index contributed by atoms with van der Waals surface area (Å²) in [6, 6.07) is 4.50. The highest BCUT2D eigenvalue weighted by Crippen LogP contribution is 2.22. The molecule has 1 aromatic heterocycles. The summed E-state index contributed by atoms with van der Waals surface area (Å²) in [7, 11) is 0. The number of aryl methyl sites for hydroxylation is 1. The molecule has 0 atom stereocenters.